The monoisotopic (exact) mass is 323 g/mol. The molecule has 1 aliphatic rings. The van der Waals surface area contributed by atoms with Gasteiger partial charge < -0.3 is 13.9 Å². The van der Waals surface area contributed by atoms with Crippen LogP contribution in [0.5, 0.6) is 0 Å². The third-order valence-electron chi connectivity index (χ3n) is 4.09. The van der Waals surface area contributed by atoms with Crippen LogP contribution in [-0.2, 0) is 11.2 Å². The number of hydrogen-bond donors (Lipinski definition) is 0. The first-order valence-corrected chi connectivity index (χ1v) is 7.77. The summed E-state index contributed by atoms with van der Waals surface area (Å²) in [6.07, 6.45) is 2.82. The normalized spacial score (nSPS) is 18.1. The Bertz CT molecular complexity index is 660. The first-order chi connectivity index (χ1) is 10.6. The highest BCUT2D eigenvalue weighted by molar-refractivity contribution is 6.29. The molecule has 1 atom stereocenters. The van der Waals surface area contributed by atoms with Gasteiger partial charge in [0.25, 0.3) is 0 Å². The highest BCUT2D eigenvalue weighted by Gasteiger charge is 2.32. The average Bonchev–Trinajstić information content (AvgIpc) is 3.18. The zero-order chi connectivity index (χ0) is 15.7. The quantitative estimate of drug-likeness (QED) is 0.863. The van der Waals surface area contributed by atoms with E-state index in [0.717, 1.165) is 42.1 Å². The fourth-order valence-corrected chi connectivity index (χ4v) is 3.20. The largest absolute Gasteiger partial charge is 0.361 e. The van der Waals surface area contributed by atoms with Gasteiger partial charge in [-0.05, 0) is 44.7 Å². The highest BCUT2D eigenvalue weighted by atomic mass is 35.5. The predicted molar refractivity (Wildman–Crippen MR) is 79.5 cm³/mol. The molecule has 1 saturated heterocycles. The minimum atomic E-state index is 0.0176. The highest BCUT2D eigenvalue weighted by Crippen LogP contribution is 2.32. The van der Waals surface area contributed by atoms with E-state index in [9.17, 15) is 4.79 Å². The molecule has 118 valence electrons. The number of carbonyl (C=O) groups excluding carboxylic acids is 1. The number of nitrogens with zero attached hydrogens (tertiary/aromatic N) is 3. The molecule has 1 fully saturated rings. The van der Waals surface area contributed by atoms with Crippen LogP contribution in [0.1, 0.15) is 48.0 Å². The summed E-state index contributed by atoms with van der Waals surface area (Å²) in [6, 6.07) is 1.92. The molecule has 1 aliphatic heterocycles. The van der Waals surface area contributed by atoms with Crippen molar-refractivity contribution in [3.8, 4) is 0 Å². The Hall–Kier alpha value is -1.82. The van der Waals surface area contributed by atoms with E-state index < -0.39 is 0 Å². The van der Waals surface area contributed by atoms with Crippen molar-refractivity contribution in [2.75, 3.05) is 6.54 Å². The van der Waals surface area contributed by atoms with Gasteiger partial charge in [-0.25, -0.2) is 0 Å². The van der Waals surface area contributed by atoms with Gasteiger partial charge in [0.15, 0.2) is 0 Å². The van der Waals surface area contributed by atoms with Crippen LogP contribution in [0.3, 0.4) is 0 Å². The van der Waals surface area contributed by atoms with Crippen LogP contribution >= 0.6 is 11.6 Å². The summed E-state index contributed by atoms with van der Waals surface area (Å²) in [6.45, 7) is 4.44. The van der Waals surface area contributed by atoms with E-state index in [4.69, 9.17) is 20.6 Å². The molecule has 0 aliphatic carbocycles. The molecule has 0 spiro atoms. The third kappa shape index (κ3) is 2.88. The van der Waals surface area contributed by atoms with Crippen LogP contribution in [0.4, 0.5) is 0 Å². The SMILES string of the molecule is Cc1cc([C@H]2CCCN2C(=O)CCc2c(C)noc2Cl)no1. The Morgan fingerprint density at radius 3 is 2.86 bits per heavy atom. The molecule has 3 heterocycles. The van der Waals surface area contributed by atoms with Crippen molar-refractivity contribution in [3.05, 3.63) is 34.0 Å². The lowest BCUT2D eigenvalue weighted by molar-refractivity contribution is -0.132. The molecular weight excluding hydrogens is 306 g/mol. The maximum absolute atomic E-state index is 12.5. The van der Waals surface area contributed by atoms with Gasteiger partial charge >= 0.3 is 0 Å². The minimum Gasteiger partial charge on any atom is -0.361 e. The zero-order valence-electron chi connectivity index (χ0n) is 12.6. The second kappa shape index (κ2) is 6.12. The Kier molecular flexibility index (Phi) is 4.20. The van der Waals surface area contributed by atoms with Gasteiger partial charge in [-0.15, -0.1) is 0 Å². The average molecular weight is 324 g/mol. The van der Waals surface area contributed by atoms with E-state index in [1.54, 1.807) is 0 Å². The molecule has 1 amide bonds. The first-order valence-electron chi connectivity index (χ1n) is 7.39. The topological polar surface area (TPSA) is 72.4 Å². The summed E-state index contributed by atoms with van der Waals surface area (Å²) >= 11 is 5.94. The number of likely N-dealkylation sites (tertiary alicyclic amines) is 1. The fraction of sp³-hybridized carbons (Fsp3) is 0.533. The van der Waals surface area contributed by atoms with E-state index in [1.165, 1.54) is 0 Å². The molecule has 0 bridgehead atoms. The van der Waals surface area contributed by atoms with Gasteiger partial charge in [-0.3, -0.25) is 4.79 Å². The molecule has 3 rings (SSSR count). The Labute approximate surface area is 133 Å². The second-order valence-electron chi connectivity index (χ2n) is 5.63. The summed E-state index contributed by atoms with van der Waals surface area (Å²) in [7, 11) is 0. The van der Waals surface area contributed by atoms with Crippen molar-refractivity contribution >= 4 is 17.5 Å². The number of rotatable bonds is 4. The molecule has 2 aromatic rings. The molecule has 0 aromatic carbocycles. The van der Waals surface area contributed by atoms with Crippen LogP contribution in [-0.4, -0.2) is 27.7 Å². The van der Waals surface area contributed by atoms with Crippen LogP contribution in [0.25, 0.3) is 0 Å². The molecule has 0 N–H and O–H groups in total. The Morgan fingerprint density at radius 2 is 2.23 bits per heavy atom. The summed E-state index contributed by atoms with van der Waals surface area (Å²) in [5.41, 5.74) is 2.38. The lowest BCUT2D eigenvalue weighted by Crippen LogP contribution is -2.30. The Balaban J connectivity index is 1.66. The van der Waals surface area contributed by atoms with Gasteiger partial charge in [0, 0.05) is 24.6 Å². The van der Waals surface area contributed by atoms with Gasteiger partial charge in [0.05, 0.1) is 11.7 Å². The van der Waals surface area contributed by atoms with Gasteiger partial charge in [-0.2, -0.15) is 0 Å². The van der Waals surface area contributed by atoms with Crippen LogP contribution < -0.4 is 0 Å². The molecule has 22 heavy (non-hydrogen) atoms. The van der Waals surface area contributed by atoms with E-state index in [-0.39, 0.29) is 17.2 Å². The predicted octanol–water partition coefficient (Wildman–Crippen LogP) is 3.23. The number of aromatic nitrogens is 2. The second-order valence-corrected chi connectivity index (χ2v) is 5.97. The van der Waals surface area contributed by atoms with Crippen LogP contribution in [0.15, 0.2) is 15.1 Å². The molecule has 0 unspecified atom stereocenters. The number of amides is 1. The van der Waals surface area contributed by atoms with E-state index in [2.05, 4.69) is 10.3 Å². The smallest absolute Gasteiger partial charge is 0.229 e. The lowest BCUT2D eigenvalue weighted by atomic mass is 10.1. The van der Waals surface area contributed by atoms with Crippen molar-refractivity contribution in [2.24, 2.45) is 0 Å². The van der Waals surface area contributed by atoms with Crippen molar-refractivity contribution < 1.29 is 13.8 Å². The van der Waals surface area contributed by atoms with Gasteiger partial charge in [0.2, 0.25) is 11.1 Å². The standard InChI is InChI=1S/C15H18ClN3O3/c1-9-8-12(18-21-9)13-4-3-7-19(13)14(20)6-5-11-10(2)17-22-15(11)16/h8,13H,3-7H2,1-2H3/t13-/m1/s1. The van der Waals surface area contributed by atoms with Gasteiger partial charge in [-0.1, -0.05) is 10.3 Å². The molecule has 7 heteroatoms. The van der Waals surface area contributed by atoms with E-state index in [1.807, 2.05) is 24.8 Å². The summed E-state index contributed by atoms with van der Waals surface area (Å²) < 4.78 is 10.0. The van der Waals surface area contributed by atoms with Crippen molar-refractivity contribution in [1.29, 1.82) is 0 Å². The number of carbonyl (C=O) groups is 1. The Morgan fingerprint density at radius 1 is 1.41 bits per heavy atom. The van der Waals surface area contributed by atoms with Crippen molar-refractivity contribution in [3.63, 3.8) is 0 Å². The van der Waals surface area contributed by atoms with E-state index >= 15 is 0 Å². The molecule has 2 aromatic heterocycles. The van der Waals surface area contributed by atoms with Gasteiger partial charge in [0.1, 0.15) is 11.5 Å². The third-order valence-corrected chi connectivity index (χ3v) is 4.38. The van der Waals surface area contributed by atoms with Crippen LogP contribution in [0.2, 0.25) is 5.22 Å². The molecule has 0 saturated carbocycles. The summed E-state index contributed by atoms with van der Waals surface area (Å²) in [5.74, 6) is 0.862. The van der Waals surface area contributed by atoms with Crippen LogP contribution in [0, 0.1) is 13.8 Å². The maximum Gasteiger partial charge on any atom is 0.229 e. The minimum absolute atomic E-state index is 0.0176. The first kappa shape index (κ1) is 15.1. The number of halogens is 1. The molecule has 0 radical (unpaired) electrons. The lowest BCUT2D eigenvalue weighted by Gasteiger charge is -2.23. The fourth-order valence-electron chi connectivity index (χ4n) is 2.93. The maximum atomic E-state index is 12.5. The zero-order valence-corrected chi connectivity index (χ0v) is 13.4. The number of aryl methyl sites for hydroxylation is 2. The van der Waals surface area contributed by atoms with Crippen molar-refractivity contribution in [1.82, 2.24) is 15.2 Å². The summed E-state index contributed by atoms with van der Waals surface area (Å²) in [5, 5.41) is 8.13. The van der Waals surface area contributed by atoms with E-state index in [0.29, 0.717) is 12.8 Å². The molecular formula is C15H18ClN3O3. The van der Waals surface area contributed by atoms with Crippen molar-refractivity contribution in [2.45, 2.75) is 45.6 Å². The summed E-state index contributed by atoms with van der Waals surface area (Å²) in [4.78, 5) is 14.4. The molecule has 6 nitrogen and oxygen atoms in total. The number of hydrogen-bond acceptors (Lipinski definition) is 5.